The molecule has 6 heteroatoms. The highest BCUT2D eigenvalue weighted by Gasteiger charge is 2.04. The molecule has 0 heterocycles. The van der Waals surface area contributed by atoms with Gasteiger partial charge in [0.25, 0.3) is 0 Å². The number of hydrogen-bond donors (Lipinski definition) is 2. The summed E-state index contributed by atoms with van der Waals surface area (Å²) in [5.41, 5.74) is 1.91. The van der Waals surface area contributed by atoms with Crippen molar-refractivity contribution in [2.75, 3.05) is 11.0 Å². The summed E-state index contributed by atoms with van der Waals surface area (Å²) in [5, 5.41) is 8.47. The highest BCUT2D eigenvalue weighted by atomic mass is 32.2. The fourth-order valence-electron chi connectivity index (χ4n) is 1.27. The quantitative estimate of drug-likeness (QED) is 0.798. The summed E-state index contributed by atoms with van der Waals surface area (Å²) in [5.74, 6) is -1.03. The fraction of sp³-hybridized carbons (Fsp3) is 0.182. The first-order valence-corrected chi connectivity index (χ1v) is 6.66. The summed E-state index contributed by atoms with van der Waals surface area (Å²) in [6, 6.07) is 4.94. The number of nitrogens with one attached hydrogen (secondary N) is 1. The fourth-order valence-corrected chi connectivity index (χ4v) is 1.90. The zero-order valence-corrected chi connectivity index (χ0v) is 10.3. The molecule has 0 aliphatic rings. The van der Waals surface area contributed by atoms with E-state index < -0.39 is 16.0 Å². The number of hydrogen-bond acceptors (Lipinski definition) is 3. The lowest BCUT2D eigenvalue weighted by atomic mass is 10.1. The van der Waals surface area contributed by atoms with Crippen molar-refractivity contribution in [3.8, 4) is 0 Å². The second-order valence-corrected chi connectivity index (χ2v) is 5.37. The Morgan fingerprint density at radius 1 is 1.41 bits per heavy atom. The number of aliphatic carboxylic acids is 1. The number of anilines is 1. The van der Waals surface area contributed by atoms with Gasteiger partial charge in [-0.05, 0) is 36.3 Å². The van der Waals surface area contributed by atoms with Crippen molar-refractivity contribution < 1.29 is 18.3 Å². The normalized spacial score (nSPS) is 11.6. The Morgan fingerprint density at radius 2 is 2.06 bits per heavy atom. The Balaban J connectivity index is 2.98. The smallest absolute Gasteiger partial charge is 0.328 e. The molecular weight excluding hydrogens is 242 g/mol. The molecule has 1 aromatic carbocycles. The molecule has 2 N–H and O–H groups in total. The molecule has 0 unspecified atom stereocenters. The van der Waals surface area contributed by atoms with Crippen molar-refractivity contribution in [2.24, 2.45) is 0 Å². The highest BCUT2D eigenvalue weighted by Crippen LogP contribution is 2.18. The van der Waals surface area contributed by atoms with Gasteiger partial charge in [-0.3, -0.25) is 4.72 Å². The molecule has 92 valence electrons. The van der Waals surface area contributed by atoms with Gasteiger partial charge in [0.15, 0.2) is 0 Å². The van der Waals surface area contributed by atoms with Gasteiger partial charge in [-0.25, -0.2) is 13.2 Å². The van der Waals surface area contributed by atoms with E-state index in [1.165, 1.54) is 6.08 Å². The Hall–Kier alpha value is -1.82. The maximum Gasteiger partial charge on any atom is 0.328 e. The van der Waals surface area contributed by atoms with Gasteiger partial charge in [-0.15, -0.1) is 0 Å². The van der Waals surface area contributed by atoms with E-state index in [9.17, 15) is 13.2 Å². The van der Waals surface area contributed by atoms with Crippen molar-refractivity contribution in [2.45, 2.75) is 6.92 Å². The summed E-state index contributed by atoms with van der Waals surface area (Å²) >= 11 is 0. The molecular formula is C11H13NO4S. The van der Waals surface area contributed by atoms with E-state index in [-0.39, 0.29) is 0 Å². The number of rotatable bonds is 4. The summed E-state index contributed by atoms with van der Waals surface area (Å²) in [6.07, 6.45) is 3.54. The van der Waals surface area contributed by atoms with Crippen LogP contribution in [0, 0.1) is 6.92 Å². The molecule has 0 saturated heterocycles. The third-order valence-corrected chi connectivity index (χ3v) is 2.55. The molecule has 0 fully saturated rings. The standard InChI is InChI=1S/C11H13NO4S/c1-8-7-9(4-6-11(13)14)3-5-10(8)12-17(2,15)16/h3-7,12H,1-2H3,(H,13,14)/b6-4+. The Morgan fingerprint density at radius 3 is 2.53 bits per heavy atom. The van der Waals surface area contributed by atoms with Gasteiger partial charge in [0.1, 0.15) is 0 Å². The van der Waals surface area contributed by atoms with E-state index in [2.05, 4.69) is 4.72 Å². The van der Waals surface area contributed by atoms with Crippen molar-refractivity contribution in [1.29, 1.82) is 0 Å². The van der Waals surface area contributed by atoms with Crippen LogP contribution >= 0.6 is 0 Å². The van der Waals surface area contributed by atoms with Crippen molar-refractivity contribution in [3.63, 3.8) is 0 Å². The van der Waals surface area contributed by atoms with Gasteiger partial charge < -0.3 is 5.11 Å². The molecule has 1 aromatic rings. The number of benzene rings is 1. The zero-order valence-electron chi connectivity index (χ0n) is 9.47. The summed E-state index contributed by atoms with van der Waals surface area (Å²) in [4.78, 5) is 10.3. The molecule has 0 radical (unpaired) electrons. The van der Waals surface area contributed by atoms with Crippen LogP contribution in [0.1, 0.15) is 11.1 Å². The molecule has 0 aliphatic carbocycles. The van der Waals surface area contributed by atoms with Crippen LogP contribution in [0.15, 0.2) is 24.3 Å². The Bertz CT molecular complexity index is 561. The second-order valence-electron chi connectivity index (χ2n) is 3.62. The number of aryl methyl sites for hydroxylation is 1. The van der Waals surface area contributed by atoms with Crippen LogP contribution in [0.4, 0.5) is 5.69 Å². The third-order valence-electron chi connectivity index (χ3n) is 1.96. The molecule has 0 amide bonds. The van der Waals surface area contributed by atoms with Crippen molar-refractivity contribution in [1.82, 2.24) is 0 Å². The van der Waals surface area contributed by atoms with Gasteiger partial charge >= 0.3 is 5.97 Å². The van der Waals surface area contributed by atoms with E-state index in [1.807, 2.05) is 0 Å². The van der Waals surface area contributed by atoms with Crippen LogP contribution in [0.25, 0.3) is 6.08 Å². The van der Waals surface area contributed by atoms with E-state index in [1.54, 1.807) is 25.1 Å². The third kappa shape index (κ3) is 4.69. The van der Waals surface area contributed by atoms with E-state index >= 15 is 0 Å². The molecule has 1 rings (SSSR count). The second kappa shape index (κ2) is 5.01. The maximum absolute atomic E-state index is 11.1. The van der Waals surface area contributed by atoms with E-state index in [0.29, 0.717) is 11.3 Å². The Kier molecular flexibility index (Phi) is 3.90. The Labute approximate surface area is 99.8 Å². The number of sulfonamides is 1. The van der Waals surface area contributed by atoms with Crippen LogP contribution < -0.4 is 4.72 Å². The van der Waals surface area contributed by atoms with Crippen LogP contribution in [0.5, 0.6) is 0 Å². The molecule has 0 atom stereocenters. The van der Waals surface area contributed by atoms with Crippen molar-refractivity contribution >= 4 is 27.8 Å². The topological polar surface area (TPSA) is 83.5 Å². The molecule has 0 bridgehead atoms. The van der Waals surface area contributed by atoms with Gasteiger partial charge in [0, 0.05) is 6.08 Å². The van der Waals surface area contributed by atoms with Crippen LogP contribution in [0.3, 0.4) is 0 Å². The lowest BCUT2D eigenvalue weighted by Crippen LogP contribution is -2.10. The predicted octanol–water partition coefficient (Wildman–Crippen LogP) is 1.46. The van der Waals surface area contributed by atoms with Crippen LogP contribution in [-0.4, -0.2) is 25.7 Å². The minimum atomic E-state index is -3.30. The minimum absolute atomic E-state index is 0.486. The van der Waals surface area contributed by atoms with Gasteiger partial charge in [-0.1, -0.05) is 6.07 Å². The van der Waals surface area contributed by atoms with Gasteiger partial charge in [0.05, 0.1) is 11.9 Å². The molecule has 0 aliphatic heterocycles. The van der Waals surface area contributed by atoms with Gasteiger partial charge in [0.2, 0.25) is 10.0 Å². The average Bonchev–Trinajstić information content (AvgIpc) is 2.17. The summed E-state index contributed by atoms with van der Waals surface area (Å²) in [7, 11) is -3.30. The lowest BCUT2D eigenvalue weighted by molar-refractivity contribution is -0.131. The minimum Gasteiger partial charge on any atom is -0.478 e. The number of carbonyl (C=O) groups is 1. The predicted molar refractivity (Wildman–Crippen MR) is 66.3 cm³/mol. The largest absolute Gasteiger partial charge is 0.478 e. The number of carboxylic acid groups (broad SMARTS) is 1. The van der Waals surface area contributed by atoms with Gasteiger partial charge in [-0.2, -0.15) is 0 Å². The average molecular weight is 255 g/mol. The van der Waals surface area contributed by atoms with E-state index in [0.717, 1.165) is 17.9 Å². The zero-order chi connectivity index (χ0) is 13.1. The lowest BCUT2D eigenvalue weighted by Gasteiger charge is -2.07. The summed E-state index contributed by atoms with van der Waals surface area (Å²) in [6.45, 7) is 1.74. The SMILES string of the molecule is Cc1cc(/C=C/C(=O)O)ccc1NS(C)(=O)=O. The monoisotopic (exact) mass is 255 g/mol. The molecule has 0 saturated carbocycles. The van der Waals surface area contributed by atoms with Crippen molar-refractivity contribution in [3.05, 3.63) is 35.4 Å². The molecule has 0 aromatic heterocycles. The first-order valence-electron chi connectivity index (χ1n) is 4.77. The maximum atomic E-state index is 11.1. The van der Waals surface area contributed by atoms with E-state index in [4.69, 9.17) is 5.11 Å². The van der Waals surface area contributed by atoms with Crippen LogP contribution in [0.2, 0.25) is 0 Å². The highest BCUT2D eigenvalue weighted by molar-refractivity contribution is 7.92. The molecule has 5 nitrogen and oxygen atoms in total. The first kappa shape index (κ1) is 13.2. The first-order chi connectivity index (χ1) is 7.78. The number of carboxylic acids is 1. The molecule has 17 heavy (non-hydrogen) atoms. The van der Waals surface area contributed by atoms with Crippen LogP contribution in [-0.2, 0) is 14.8 Å². The molecule has 0 spiro atoms. The summed E-state index contributed by atoms with van der Waals surface area (Å²) < 4.78 is 24.5.